The highest BCUT2D eigenvalue weighted by molar-refractivity contribution is 5.76. The van der Waals surface area contributed by atoms with Crippen LogP contribution in [0.2, 0.25) is 0 Å². The monoisotopic (exact) mass is 571 g/mol. The molecule has 3 fully saturated rings. The third-order valence-corrected chi connectivity index (χ3v) is 8.49. The molecule has 0 unspecified atom stereocenters. The number of benzene rings is 1. The fraction of sp³-hybridized carbons (Fsp3) is 0.655. The number of methoxy groups -OCH3 is 1. The van der Waals surface area contributed by atoms with Gasteiger partial charge in [-0.15, -0.1) is 0 Å². The summed E-state index contributed by atoms with van der Waals surface area (Å²) in [6, 6.07) is 5.46. The van der Waals surface area contributed by atoms with Crippen molar-refractivity contribution in [2.75, 3.05) is 26.8 Å². The molecule has 3 aliphatic rings. The number of amides is 2. The number of rotatable bonds is 12. The van der Waals surface area contributed by atoms with E-state index in [4.69, 9.17) is 24.5 Å². The maximum atomic E-state index is 12.6. The zero-order chi connectivity index (χ0) is 29.8. The number of carbonyl (C=O) groups is 2. The quantitative estimate of drug-likeness (QED) is 0.0852. The van der Waals surface area contributed by atoms with Crippen LogP contribution in [0.4, 0.5) is 10.5 Å². The van der Waals surface area contributed by atoms with Gasteiger partial charge in [0, 0.05) is 37.2 Å². The number of aliphatic hydroxyl groups is 1. The van der Waals surface area contributed by atoms with E-state index in [0.29, 0.717) is 38.0 Å². The average molecular weight is 572 g/mol. The molecule has 2 saturated heterocycles. The average Bonchev–Trinajstić information content (AvgIpc) is 3.85. The first-order valence-corrected chi connectivity index (χ1v) is 14.1. The Kier molecular flexibility index (Phi) is 9.30. The molecule has 12 nitrogen and oxygen atoms in total. The van der Waals surface area contributed by atoms with Crippen LogP contribution >= 0.6 is 0 Å². The first-order valence-electron chi connectivity index (χ1n) is 14.1. The Bertz CT molecular complexity index is 1220. The molecular weight excluding hydrogens is 530 g/mol. The van der Waals surface area contributed by atoms with Crippen LogP contribution in [0.5, 0.6) is 0 Å². The topological polar surface area (TPSA) is 171 Å². The Hall–Kier alpha value is -3.15. The molecule has 0 radical (unpaired) electrons. The van der Waals surface area contributed by atoms with E-state index in [1.54, 1.807) is 6.07 Å². The number of aryl methyl sites for hydroxylation is 2. The lowest BCUT2D eigenvalue weighted by molar-refractivity contribution is -0.223. The molecule has 6 atom stereocenters. The molecule has 2 amide bonds. The zero-order valence-electron chi connectivity index (χ0n) is 24.4. The second kappa shape index (κ2) is 12.4. The van der Waals surface area contributed by atoms with Crippen molar-refractivity contribution in [3.8, 4) is 0 Å². The summed E-state index contributed by atoms with van der Waals surface area (Å²) in [5, 5.41) is 21.2. The molecule has 2 heterocycles. The maximum Gasteiger partial charge on any atom is 0.407 e. The van der Waals surface area contributed by atoms with Crippen LogP contribution in [0.1, 0.15) is 57.6 Å². The van der Waals surface area contributed by atoms with Gasteiger partial charge in [0.2, 0.25) is 5.91 Å². The highest BCUT2D eigenvalue weighted by atomic mass is 16.7. The predicted molar refractivity (Wildman–Crippen MR) is 151 cm³/mol. The first kappa shape index (κ1) is 30.8. The number of carbonyl (C=O) groups excluding carboxylic acids is 2. The van der Waals surface area contributed by atoms with E-state index in [-0.39, 0.29) is 31.5 Å². The number of ether oxygens (including phenoxy) is 4. The van der Waals surface area contributed by atoms with Crippen molar-refractivity contribution >= 4 is 17.7 Å². The van der Waals surface area contributed by atoms with E-state index in [9.17, 15) is 14.7 Å². The molecule has 4 rings (SSSR count). The number of azide groups is 1. The van der Waals surface area contributed by atoms with Crippen molar-refractivity contribution in [2.24, 2.45) is 5.11 Å². The van der Waals surface area contributed by atoms with Gasteiger partial charge in [-0.3, -0.25) is 4.79 Å². The second-order valence-electron chi connectivity index (χ2n) is 11.5. The van der Waals surface area contributed by atoms with E-state index in [2.05, 4.69) is 26.7 Å². The summed E-state index contributed by atoms with van der Waals surface area (Å²) < 4.78 is 23.4. The second-order valence-corrected chi connectivity index (χ2v) is 11.5. The van der Waals surface area contributed by atoms with Gasteiger partial charge in [-0.2, -0.15) is 0 Å². The van der Waals surface area contributed by atoms with E-state index < -0.39 is 35.1 Å². The number of nitrogens with zero attached hydrogens (tertiary/aromatic N) is 3. The predicted octanol–water partition coefficient (Wildman–Crippen LogP) is 3.90. The van der Waals surface area contributed by atoms with Gasteiger partial charge in [0.15, 0.2) is 5.60 Å². The number of allylic oxidation sites excluding steroid dienone is 1. The normalized spacial score (nSPS) is 31.5. The number of hydrogen-bond acceptors (Lipinski definition) is 8. The molecule has 1 spiro atoms. The lowest BCUT2D eigenvalue weighted by Gasteiger charge is -2.49. The van der Waals surface area contributed by atoms with Gasteiger partial charge < -0.3 is 34.7 Å². The molecular formula is C29H41N5O7. The highest BCUT2D eigenvalue weighted by Gasteiger charge is 2.81. The van der Waals surface area contributed by atoms with Gasteiger partial charge in [-0.05, 0) is 70.0 Å². The van der Waals surface area contributed by atoms with E-state index in [0.717, 1.165) is 11.1 Å². The SMILES string of the molecule is CO[C@@H]1[C@H](OC(=O)NCCNC(=O)CCc2ccc(N=[N+]=[N-])c(C)c2)CC[C@]2(CO2)[C@@]1(O)[C@]1(C)O[C@@H]1CC=C(C)C. The molecule has 0 bridgehead atoms. The molecule has 2 aliphatic heterocycles. The van der Waals surface area contributed by atoms with Crippen LogP contribution < -0.4 is 10.6 Å². The van der Waals surface area contributed by atoms with Crippen LogP contribution in [0.3, 0.4) is 0 Å². The summed E-state index contributed by atoms with van der Waals surface area (Å²) in [5.41, 5.74) is 8.95. The smallest absolute Gasteiger partial charge is 0.407 e. The molecule has 1 aromatic carbocycles. The van der Waals surface area contributed by atoms with Crippen LogP contribution in [-0.4, -0.2) is 79.0 Å². The largest absolute Gasteiger partial charge is 0.443 e. The Morgan fingerprint density at radius 2 is 2.02 bits per heavy atom. The van der Waals surface area contributed by atoms with Crippen LogP contribution in [-0.2, 0) is 30.2 Å². The Morgan fingerprint density at radius 3 is 2.66 bits per heavy atom. The Labute approximate surface area is 240 Å². The van der Waals surface area contributed by atoms with E-state index in [1.165, 1.54) is 12.7 Å². The van der Waals surface area contributed by atoms with Gasteiger partial charge >= 0.3 is 6.09 Å². The van der Waals surface area contributed by atoms with Gasteiger partial charge in [0.25, 0.3) is 0 Å². The highest BCUT2D eigenvalue weighted by Crippen LogP contribution is 2.62. The number of nitrogens with one attached hydrogen (secondary N) is 2. The molecule has 1 aromatic rings. The summed E-state index contributed by atoms with van der Waals surface area (Å²) in [7, 11) is 1.49. The zero-order valence-corrected chi connectivity index (χ0v) is 24.4. The number of epoxide rings is 2. The lowest BCUT2D eigenvalue weighted by atomic mass is 9.64. The fourth-order valence-electron chi connectivity index (χ4n) is 6.01. The standard InChI is InChI=1S/C29H41N5O7/c1-18(2)6-10-23-27(4,41-23)29(37)25(38-5)22(12-13-28(29)17-39-28)40-26(36)32-15-14-31-24(35)11-8-20-7-9-21(33-34-30)19(3)16-20/h6-7,9,16,22-23,25,37H,8,10-15,17H2,1-5H3,(H,31,35)(H,32,36)/t22-,23-,25-,27-,28+,29+/m1/s1. The molecule has 1 aliphatic carbocycles. The van der Waals surface area contributed by atoms with Crippen molar-refractivity contribution in [3.63, 3.8) is 0 Å². The summed E-state index contributed by atoms with van der Waals surface area (Å²) in [6.07, 6.45) is 2.15. The summed E-state index contributed by atoms with van der Waals surface area (Å²) in [4.78, 5) is 27.7. The van der Waals surface area contributed by atoms with Crippen molar-refractivity contribution in [3.05, 3.63) is 51.4 Å². The minimum atomic E-state index is -1.49. The number of hydrogen-bond donors (Lipinski definition) is 3. The van der Waals surface area contributed by atoms with Crippen LogP contribution in [0, 0.1) is 6.92 Å². The summed E-state index contributed by atoms with van der Waals surface area (Å²) >= 11 is 0. The minimum Gasteiger partial charge on any atom is -0.443 e. The minimum absolute atomic E-state index is 0.149. The van der Waals surface area contributed by atoms with Gasteiger partial charge in [0.1, 0.15) is 23.4 Å². The molecule has 1 saturated carbocycles. The van der Waals surface area contributed by atoms with Crippen LogP contribution in [0.25, 0.3) is 10.4 Å². The van der Waals surface area contributed by atoms with Crippen LogP contribution in [0.15, 0.2) is 35.0 Å². The lowest BCUT2D eigenvalue weighted by Crippen LogP contribution is -2.70. The fourth-order valence-corrected chi connectivity index (χ4v) is 6.01. The van der Waals surface area contributed by atoms with Crippen molar-refractivity contribution in [2.45, 2.75) is 94.9 Å². The molecule has 12 heteroatoms. The third-order valence-electron chi connectivity index (χ3n) is 8.49. The molecule has 3 N–H and O–H groups in total. The summed E-state index contributed by atoms with van der Waals surface area (Å²) in [6.45, 7) is 8.57. The third kappa shape index (κ3) is 6.37. The maximum absolute atomic E-state index is 12.6. The molecule has 41 heavy (non-hydrogen) atoms. The van der Waals surface area contributed by atoms with Crippen molar-refractivity contribution in [1.82, 2.24) is 10.6 Å². The summed E-state index contributed by atoms with van der Waals surface area (Å²) in [5.74, 6) is -0.149. The van der Waals surface area contributed by atoms with Gasteiger partial charge in [-0.1, -0.05) is 35.0 Å². The first-order chi connectivity index (χ1) is 19.5. The van der Waals surface area contributed by atoms with Crippen molar-refractivity contribution < 1.29 is 33.6 Å². The van der Waals surface area contributed by atoms with Gasteiger partial charge in [0.05, 0.1) is 12.7 Å². The molecule has 224 valence electrons. The molecule has 0 aromatic heterocycles. The van der Waals surface area contributed by atoms with E-state index >= 15 is 0 Å². The van der Waals surface area contributed by atoms with Gasteiger partial charge in [-0.25, -0.2) is 4.79 Å². The van der Waals surface area contributed by atoms with E-state index in [1.807, 2.05) is 39.8 Å². The Morgan fingerprint density at radius 1 is 1.29 bits per heavy atom. The van der Waals surface area contributed by atoms with Crippen molar-refractivity contribution in [1.29, 1.82) is 0 Å². The Balaban J connectivity index is 1.24. The number of alkyl carbamates (subject to hydrolysis) is 1.